The minimum absolute atomic E-state index is 0.0426. The molecule has 26 heavy (non-hydrogen) atoms. The van der Waals surface area contributed by atoms with Crippen LogP contribution < -0.4 is 10.2 Å². The Hall–Kier alpha value is -3.62. The van der Waals surface area contributed by atoms with Crippen molar-refractivity contribution in [3.8, 4) is 5.75 Å². The van der Waals surface area contributed by atoms with Gasteiger partial charge in [0.1, 0.15) is 0 Å². The minimum atomic E-state index is -0.565. The number of nitro benzene ring substituents is 1. The average molecular weight is 357 g/mol. The minimum Gasteiger partial charge on any atom is -0.493 e. The predicted octanol–water partition coefficient (Wildman–Crippen LogP) is 2.96. The summed E-state index contributed by atoms with van der Waals surface area (Å²) < 4.78 is 12.1. The van der Waals surface area contributed by atoms with Crippen LogP contribution in [-0.2, 0) is 0 Å². The van der Waals surface area contributed by atoms with Crippen LogP contribution in [0.3, 0.4) is 0 Å². The van der Waals surface area contributed by atoms with Crippen LogP contribution in [0.25, 0.3) is 11.0 Å². The third kappa shape index (κ3) is 2.79. The number of hydrogen-bond acceptors (Lipinski definition) is 6. The van der Waals surface area contributed by atoms with E-state index in [0.717, 1.165) is 0 Å². The molecule has 0 aliphatic rings. The van der Waals surface area contributed by atoms with E-state index in [4.69, 9.17) is 9.15 Å². The molecule has 9 heteroatoms. The lowest BCUT2D eigenvalue weighted by Gasteiger charge is -2.09. The van der Waals surface area contributed by atoms with E-state index in [1.807, 2.05) is 0 Å². The van der Waals surface area contributed by atoms with E-state index in [-0.39, 0.29) is 22.8 Å². The summed E-state index contributed by atoms with van der Waals surface area (Å²) in [5.74, 6) is -0.450. The largest absolute Gasteiger partial charge is 0.493 e. The van der Waals surface area contributed by atoms with Crippen molar-refractivity contribution in [1.82, 2.24) is 4.68 Å². The van der Waals surface area contributed by atoms with Crippen LogP contribution in [0.15, 0.2) is 28.7 Å². The summed E-state index contributed by atoms with van der Waals surface area (Å²) in [6.45, 7) is 3.44. The van der Waals surface area contributed by atoms with Crippen LogP contribution in [0.5, 0.6) is 5.75 Å². The van der Waals surface area contributed by atoms with Gasteiger partial charge < -0.3 is 9.15 Å². The van der Waals surface area contributed by atoms with E-state index in [9.17, 15) is 19.7 Å². The number of amides is 1. The highest BCUT2D eigenvalue weighted by molar-refractivity contribution is 6.02. The maximum absolute atomic E-state index is 12.5. The number of ether oxygens (including phenoxy) is 1. The van der Waals surface area contributed by atoms with E-state index in [1.165, 1.54) is 30.0 Å². The fraction of sp³-hybridized carbons (Fsp3) is 0.176. The summed E-state index contributed by atoms with van der Waals surface area (Å²) in [5.41, 5.74) is 4.41. The SMILES string of the molecule is COc1cc([N+](=O)[O-])cc2cc(C(=O)Nn3c(C)cc(C=O)c3C)oc12. The van der Waals surface area contributed by atoms with E-state index < -0.39 is 10.8 Å². The molecule has 0 aliphatic carbocycles. The van der Waals surface area contributed by atoms with Gasteiger partial charge in [-0.1, -0.05) is 0 Å². The Morgan fingerprint density at radius 1 is 1.31 bits per heavy atom. The fourth-order valence-electron chi connectivity index (χ4n) is 2.71. The number of rotatable bonds is 5. The van der Waals surface area contributed by atoms with Crippen molar-refractivity contribution in [2.45, 2.75) is 13.8 Å². The summed E-state index contributed by atoms with van der Waals surface area (Å²) in [5, 5.41) is 11.4. The first kappa shape index (κ1) is 17.2. The van der Waals surface area contributed by atoms with Crippen molar-refractivity contribution in [1.29, 1.82) is 0 Å². The zero-order chi connectivity index (χ0) is 19.0. The third-order valence-electron chi connectivity index (χ3n) is 4.03. The number of aromatic nitrogens is 1. The average Bonchev–Trinajstić information content (AvgIpc) is 3.16. The van der Waals surface area contributed by atoms with Gasteiger partial charge in [0.2, 0.25) is 0 Å². The molecule has 0 saturated heterocycles. The summed E-state index contributed by atoms with van der Waals surface area (Å²) in [4.78, 5) is 34.0. The molecule has 1 aromatic carbocycles. The van der Waals surface area contributed by atoms with Gasteiger partial charge in [0.25, 0.3) is 5.69 Å². The number of furan rings is 1. The molecule has 3 aromatic rings. The second kappa shape index (κ2) is 6.36. The smallest absolute Gasteiger partial charge is 0.305 e. The van der Waals surface area contributed by atoms with Crippen molar-refractivity contribution in [3.05, 3.63) is 57.1 Å². The molecule has 0 saturated carbocycles. The molecule has 9 nitrogen and oxygen atoms in total. The number of aldehydes is 1. The molecular formula is C17H15N3O6. The summed E-state index contributed by atoms with van der Waals surface area (Å²) in [6.07, 6.45) is 0.705. The van der Waals surface area contributed by atoms with Gasteiger partial charge in [-0.2, -0.15) is 0 Å². The van der Waals surface area contributed by atoms with Crippen molar-refractivity contribution >= 4 is 28.8 Å². The Balaban J connectivity index is 2.00. The molecule has 1 amide bonds. The van der Waals surface area contributed by atoms with Crippen LogP contribution in [0, 0.1) is 24.0 Å². The topological polar surface area (TPSA) is 117 Å². The van der Waals surface area contributed by atoms with E-state index >= 15 is 0 Å². The first-order valence-electron chi connectivity index (χ1n) is 7.57. The fourth-order valence-corrected chi connectivity index (χ4v) is 2.71. The lowest BCUT2D eigenvalue weighted by atomic mass is 10.2. The van der Waals surface area contributed by atoms with Crippen molar-refractivity contribution in [3.63, 3.8) is 0 Å². The lowest BCUT2D eigenvalue weighted by Crippen LogP contribution is -2.24. The lowest BCUT2D eigenvalue weighted by molar-refractivity contribution is -0.384. The number of nitro groups is 1. The summed E-state index contributed by atoms with van der Waals surface area (Å²) in [7, 11) is 1.36. The van der Waals surface area contributed by atoms with E-state index in [2.05, 4.69) is 5.43 Å². The predicted molar refractivity (Wildman–Crippen MR) is 92.4 cm³/mol. The van der Waals surface area contributed by atoms with Gasteiger partial charge in [-0.3, -0.25) is 29.8 Å². The van der Waals surface area contributed by atoms with E-state index in [0.29, 0.717) is 28.6 Å². The molecule has 0 aliphatic heterocycles. The van der Waals surface area contributed by atoms with Gasteiger partial charge in [-0.25, -0.2) is 0 Å². The number of carbonyl (C=O) groups is 2. The number of nitrogens with one attached hydrogen (secondary N) is 1. The molecule has 2 heterocycles. The van der Waals surface area contributed by atoms with Gasteiger partial charge in [0, 0.05) is 28.4 Å². The Bertz CT molecular complexity index is 1050. The highest BCUT2D eigenvalue weighted by Gasteiger charge is 2.20. The van der Waals surface area contributed by atoms with E-state index in [1.54, 1.807) is 19.9 Å². The van der Waals surface area contributed by atoms with Gasteiger partial charge in [0.05, 0.1) is 18.1 Å². The standard InChI is InChI=1S/C17H15N3O6/c1-9-4-12(8-21)10(2)19(9)18-17(22)15-6-11-5-13(20(23)24)7-14(25-3)16(11)26-15/h4-8H,1-3H3,(H,18,22). The zero-order valence-electron chi connectivity index (χ0n) is 14.2. The molecular weight excluding hydrogens is 342 g/mol. The number of fused-ring (bicyclic) bond motifs is 1. The molecule has 3 rings (SSSR count). The van der Waals surface area contributed by atoms with Crippen LogP contribution >= 0.6 is 0 Å². The number of nitrogens with zero attached hydrogens (tertiary/aromatic N) is 2. The number of hydrogen-bond donors (Lipinski definition) is 1. The molecule has 0 spiro atoms. The molecule has 134 valence electrons. The first-order valence-corrected chi connectivity index (χ1v) is 7.57. The maximum atomic E-state index is 12.5. The van der Waals surface area contributed by atoms with Crippen LogP contribution in [0.4, 0.5) is 5.69 Å². The number of benzene rings is 1. The molecule has 0 fully saturated rings. The quantitative estimate of drug-likeness (QED) is 0.426. The number of carbonyl (C=O) groups excluding carboxylic acids is 2. The molecule has 0 atom stereocenters. The molecule has 0 radical (unpaired) electrons. The Kier molecular flexibility index (Phi) is 4.21. The molecule has 0 bridgehead atoms. The van der Waals surface area contributed by atoms with Crippen LogP contribution in [0.2, 0.25) is 0 Å². The monoisotopic (exact) mass is 357 g/mol. The Morgan fingerprint density at radius 3 is 2.62 bits per heavy atom. The zero-order valence-corrected chi connectivity index (χ0v) is 14.2. The molecule has 2 aromatic heterocycles. The summed E-state index contributed by atoms with van der Waals surface area (Å²) in [6, 6.07) is 5.57. The highest BCUT2D eigenvalue weighted by Crippen LogP contribution is 2.33. The normalized spacial score (nSPS) is 10.7. The number of aryl methyl sites for hydroxylation is 1. The van der Waals surface area contributed by atoms with Crippen LogP contribution in [-0.4, -0.2) is 28.9 Å². The molecule has 0 unspecified atom stereocenters. The first-order chi connectivity index (χ1) is 12.3. The number of non-ortho nitro benzene ring substituents is 1. The Morgan fingerprint density at radius 2 is 2.04 bits per heavy atom. The third-order valence-corrected chi connectivity index (χ3v) is 4.03. The summed E-state index contributed by atoms with van der Waals surface area (Å²) >= 11 is 0. The second-order valence-corrected chi connectivity index (χ2v) is 5.65. The molecule has 1 N–H and O–H groups in total. The van der Waals surface area contributed by atoms with Crippen molar-refractivity contribution in [2.75, 3.05) is 12.5 Å². The van der Waals surface area contributed by atoms with Gasteiger partial charge in [-0.05, 0) is 26.0 Å². The van der Waals surface area contributed by atoms with Crippen molar-refractivity contribution < 1.29 is 23.7 Å². The van der Waals surface area contributed by atoms with Crippen LogP contribution in [0.1, 0.15) is 32.3 Å². The second-order valence-electron chi connectivity index (χ2n) is 5.65. The van der Waals surface area contributed by atoms with Gasteiger partial charge in [-0.15, -0.1) is 0 Å². The highest BCUT2D eigenvalue weighted by atomic mass is 16.6. The van der Waals surface area contributed by atoms with Crippen molar-refractivity contribution in [2.24, 2.45) is 0 Å². The van der Waals surface area contributed by atoms with Gasteiger partial charge in [0.15, 0.2) is 23.4 Å². The Labute approximate surface area is 147 Å². The number of methoxy groups -OCH3 is 1. The maximum Gasteiger partial charge on any atom is 0.305 e. The van der Waals surface area contributed by atoms with Gasteiger partial charge >= 0.3 is 5.91 Å².